The first-order valence-corrected chi connectivity index (χ1v) is 10.8. The lowest BCUT2D eigenvalue weighted by Gasteiger charge is -2.31. The van der Waals surface area contributed by atoms with Gasteiger partial charge in [-0.25, -0.2) is 4.98 Å². The number of rotatable bonds is 6. The largest absolute Gasteiger partial charge is 0.471 e. The number of aromatic nitrogens is 2. The number of nitrogens with one attached hydrogen (secondary N) is 1. The lowest BCUT2D eigenvalue weighted by atomic mass is 9.89. The van der Waals surface area contributed by atoms with Gasteiger partial charge in [-0.05, 0) is 44.0 Å². The summed E-state index contributed by atoms with van der Waals surface area (Å²) in [5.74, 6) is 2.69. The van der Waals surface area contributed by atoms with Crippen molar-refractivity contribution in [1.82, 2.24) is 9.97 Å². The van der Waals surface area contributed by atoms with Crippen molar-refractivity contribution in [3.05, 3.63) is 108 Å². The molecular formula is C27H24N2O3. The quantitative estimate of drug-likeness (QED) is 0.408. The highest BCUT2D eigenvalue weighted by Crippen LogP contribution is 2.44. The number of carbonyl (C=O) groups is 1. The van der Waals surface area contributed by atoms with Crippen molar-refractivity contribution in [3.8, 4) is 17.2 Å². The molecule has 5 nitrogen and oxygen atoms in total. The summed E-state index contributed by atoms with van der Waals surface area (Å²) < 4.78 is 13.1. The molecule has 0 unspecified atom stereocenters. The lowest BCUT2D eigenvalue weighted by Crippen LogP contribution is -2.32. The molecule has 0 amide bonds. The summed E-state index contributed by atoms with van der Waals surface area (Å²) >= 11 is 0. The molecule has 0 aliphatic heterocycles. The number of fused-ring (bicyclic) bond motifs is 1. The van der Waals surface area contributed by atoms with Gasteiger partial charge in [0.1, 0.15) is 5.75 Å². The zero-order valence-corrected chi connectivity index (χ0v) is 17.9. The van der Waals surface area contributed by atoms with Crippen LogP contribution in [0, 0.1) is 0 Å². The average Bonchev–Trinajstić information content (AvgIpc) is 3.38. The second kappa shape index (κ2) is 8.35. The van der Waals surface area contributed by atoms with Crippen molar-refractivity contribution >= 4 is 5.78 Å². The highest BCUT2D eigenvalue weighted by molar-refractivity contribution is 5.99. The molecule has 1 heterocycles. The highest BCUT2D eigenvalue weighted by Gasteiger charge is 2.36. The van der Waals surface area contributed by atoms with Gasteiger partial charge in [0, 0.05) is 35.5 Å². The van der Waals surface area contributed by atoms with Crippen molar-refractivity contribution in [3.63, 3.8) is 0 Å². The molecule has 0 saturated heterocycles. The Kier molecular flexibility index (Phi) is 5.23. The molecular weight excluding hydrogens is 400 g/mol. The maximum atomic E-state index is 12.6. The Labute approximate surface area is 187 Å². The summed E-state index contributed by atoms with van der Waals surface area (Å²) in [5.41, 5.74) is 1.69. The predicted octanol–water partition coefficient (Wildman–Crippen LogP) is 6.06. The van der Waals surface area contributed by atoms with E-state index in [1.165, 1.54) is 0 Å². The number of imidazole rings is 1. The number of aromatic amines is 1. The van der Waals surface area contributed by atoms with Crippen LogP contribution < -0.4 is 9.47 Å². The topological polar surface area (TPSA) is 64.2 Å². The Morgan fingerprint density at radius 1 is 0.938 bits per heavy atom. The molecule has 32 heavy (non-hydrogen) atoms. The standard InChI is InChI=1S/C27H24N2O3/c1-27(26-28-17-18-29-26,19-9-4-2-5-10-19)32-24-16-15-21-22(13-8-14-23(21)30)25(24)31-20-11-6-3-7-12-20/h2-7,9-12,15-18H,8,13-14H2,1H3,(H,28,29)/t27-/m0/s1. The van der Waals surface area contributed by atoms with E-state index >= 15 is 0 Å². The van der Waals surface area contributed by atoms with Crippen molar-refractivity contribution in [2.75, 3.05) is 0 Å². The van der Waals surface area contributed by atoms with E-state index in [0.29, 0.717) is 35.1 Å². The summed E-state index contributed by atoms with van der Waals surface area (Å²) in [6, 6.07) is 23.2. The minimum atomic E-state index is -0.882. The smallest absolute Gasteiger partial charge is 0.188 e. The third-order valence-corrected chi connectivity index (χ3v) is 5.91. The normalized spacial score (nSPS) is 15.0. The fourth-order valence-corrected chi connectivity index (χ4v) is 4.22. The number of benzene rings is 3. The van der Waals surface area contributed by atoms with Crippen LogP contribution in [0.15, 0.2) is 85.2 Å². The molecule has 5 rings (SSSR count). The third-order valence-electron chi connectivity index (χ3n) is 5.91. The van der Waals surface area contributed by atoms with Crippen LogP contribution in [0.5, 0.6) is 17.2 Å². The van der Waals surface area contributed by atoms with E-state index in [1.807, 2.05) is 79.7 Å². The summed E-state index contributed by atoms with van der Waals surface area (Å²) in [4.78, 5) is 20.3. The molecule has 0 bridgehead atoms. The van der Waals surface area contributed by atoms with Gasteiger partial charge in [0.05, 0.1) is 0 Å². The minimum absolute atomic E-state index is 0.146. The maximum Gasteiger partial charge on any atom is 0.188 e. The van der Waals surface area contributed by atoms with Gasteiger partial charge in [-0.1, -0.05) is 48.5 Å². The number of carbonyl (C=O) groups excluding carboxylic acids is 1. The SMILES string of the molecule is C[C@](Oc1ccc2c(c1Oc1ccccc1)CCCC2=O)(c1ccccc1)c1ncc[nH]1. The van der Waals surface area contributed by atoms with E-state index in [4.69, 9.17) is 9.47 Å². The number of H-pyrrole nitrogens is 1. The van der Waals surface area contributed by atoms with Gasteiger partial charge in [-0.15, -0.1) is 0 Å². The molecule has 0 spiro atoms. The van der Waals surface area contributed by atoms with Gasteiger partial charge in [0.25, 0.3) is 0 Å². The van der Waals surface area contributed by atoms with Crippen molar-refractivity contribution in [1.29, 1.82) is 0 Å². The van der Waals surface area contributed by atoms with E-state index in [1.54, 1.807) is 12.4 Å². The summed E-state index contributed by atoms with van der Waals surface area (Å²) in [6.07, 6.45) is 5.63. The third kappa shape index (κ3) is 3.66. The fourth-order valence-electron chi connectivity index (χ4n) is 4.22. The van der Waals surface area contributed by atoms with E-state index in [2.05, 4.69) is 9.97 Å². The van der Waals surface area contributed by atoms with Crippen LogP contribution in [0.4, 0.5) is 0 Å². The van der Waals surface area contributed by atoms with Crippen LogP contribution in [0.2, 0.25) is 0 Å². The summed E-state index contributed by atoms with van der Waals surface area (Å²) in [7, 11) is 0. The summed E-state index contributed by atoms with van der Waals surface area (Å²) in [6.45, 7) is 1.98. The Balaban J connectivity index is 1.64. The zero-order valence-electron chi connectivity index (χ0n) is 17.9. The predicted molar refractivity (Wildman–Crippen MR) is 122 cm³/mol. The van der Waals surface area contributed by atoms with Crippen LogP contribution in [0.3, 0.4) is 0 Å². The average molecular weight is 425 g/mol. The highest BCUT2D eigenvalue weighted by atomic mass is 16.5. The van der Waals surface area contributed by atoms with Crippen molar-refractivity contribution in [2.45, 2.75) is 31.8 Å². The summed E-state index contributed by atoms with van der Waals surface area (Å²) in [5, 5.41) is 0. The Bertz CT molecular complexity index is 1220. The maximum absolute atomic E-state index is 12.6. The van der Waals surface area contributed by atoms with Crippen LogP contribution in [-0.4, -0.2) is 15.8 Å². The van der Waals surface area contributed by atoms with E-state index < -0.39 is 5.60 Å². The molecule has 0 radical (unpaired) electrons. The van der Waals surface area contributed by atoms with Crippen LogP contribution in [-0.2, 0) is 12.0 Å². The van der Waals surface area contributed by atoms with Gasteiger partial charge in [0.2, 0.25) is 0 Å². The number of Topliss-reactive ketones (excluding diaryl/α,β-unsaturated/α-hetero) is 1. The first kappa shape index (κ1) is 20.1. The first-order valence-electron chi connectivity index (χ1n) is 10.8. The number of ketones is 1. The molecule has 0 saturated carbocycles. The molecule has 3 aromatic carbocycles. The fraction of sp³-hybridized carbons (Fsp3) is 0.185. The van der Waals surface area contributed by atoms with Gasteiger partial charge in [-0.2, -0.15) is 0 Å². The Morgan fingerprint density at radius 3 is 2.41 bits per heavy atom. The second-order valence-corrected chi connectivity index (χ2v) is 8.05. The molecule has 1 N–H and O–H groups in total. The Hall–Kier alpha value is -3.86. The molecule has 1 aromatic heterocycles. The van der Waals surface area contributed by atoms with Gasteiger partial charge in [0.15, 0.2) is 28.7 Å². The molecule has 0 fully saturated rings. The number of ether oxygens (including phenoxy) is 2. The van der Waals surface area contributed by atoms with Crippen LogP contribution >= 0.6 is 0 Å². The van der Waals surface area contributed by atoms with Gasteiger partial charge < -0.3 is 14.5 Å². The molecule has 160 valence electrons. The molecule has 5 heteroatoms. The van der Waals surface area contributed by atoms with E-state index in [9.17, 15) is 4.79 Å². The van der Waals surface area contributed by atoms with Crippen molar-refractivity contribution in [2.24, 2.45) is 0 Å². The van der Waals surface area contributed by atoms with E-state index in [-0.39, 0.29) is 5.78 Å². The van der Waals surface area contributed by atoms with Crippen LogP contribution in [0.25, 0.3) is 0 Å². The number of hydrogen-bond donors (Lipinski definition) is 1. The molecule has 1 aliphatic rings. The molecule has 1 atom stereocenters. The molecule has 4 aromatic rings. The second-order valence-electron chi connectivity index (χ2n) is 8.05. The zero-order chi connectivity index (χ0) is 22.0. The van der Waals surface area contributed by atoms with Crippen LogP contribution in [0.1, 0.15) is 47.1 Å². The van der Waals surface area contributed by atoms with E-state index in [0.717, 1.165) is 24.0 Å². The monoisotopic (exact) mass is 424 g/mol. The molecule has 1 aliphatic carbocycles. The number of hydrogen-bond acceptors (Lipinski definition) is 4. The minimum Gasteiger partial charge on any atom is -0.471 e. The van der Waals surface area contributed by atoms with Crippen molar-refractivity contribution < 1.29 is 14.3 Å². The Morgan fingerprint density at radius 2 is 1.69 bits per heavy atom. The first-order chi connectivity index (χ1) is 15.6. The number of para-hydroxylation sites is 1. The number of nitrogens with zero attached hydrogens (tertiary/aromatic N) is 1. The van der Waals surface area contributed by atoms with Gasteiger partial charge in [-0.3, -0.25) is 4.79 Å². The van der Waals surface area contributed by atoms with Gasteiger partial charge >= 0.3 is 0 Å². The lowest BCUT2D eigenvalue weighted by molar-refractivity contribution is 0.0970.